The van der Waals surface area contributed by atoms with Crippen LogP contribution in [-0.2, 0) is 28.6 Å². The van der Waals surface area contributed by atoms with Crippen molar-refractivity contribution in [2.45, 2.75) is 231 Å². The number of ether oxygens (including phenoxy) is 3. The summed E-state index contributed by atoms with van der Waals surface area (Å²) in [5.41, 5.74) is 0. The molecular weight excluding hydrogens is 739 g/mol. The van der Waals surface area contributed by atoms with E-state index < -0.39 is 18.1 Å². The van der Waals surface area contributed by atoms with E-state index in [0.717, 1.165) is 51.4 Å². The lowest BCUT2D eigenvalue weighted by molar-refractivity contribution is -0.889. The van der Waals surface area contributed by atoms with Crippen LogP contribution in [0, 0.1) is 0 Å². The van der Waals surface area contributed by atoms with Crippen molar-refractivity contribution in [3.63, 3.8) is 0 Å². The van der Waals surface area contributed by atoms with Crippen LogP contribution in [0.4, 0.5) is 0 Å². The summed E-state index contributed by atoms with van der Waals surface area (Å²) in [6.45, 7) is 4.55. The highest BCUT2D eigenvalue weighted by Gasteiger charge is 2.25. The number of allylic oxidation sites excluding steroid dienone is 6. The van der Waals surface area contributed by atoms with Crippen LogP contribution in [0.5, 0.6) is 0 Å². The summed E-state index contributed by atoms with van der Waals surface area (Å²) in [5, 5.41) is 11.6. The van der Waals surface area contributed by atoms with Gasteiger partial charge in [-0.05, 0) is 32.1 Å². The van der Waals surface area contributed by atoms with Crippen molar-refractivity contribution in [2.24, 2.45) is 0 Å². The van der Waals surface area contributed by atoms with E-state index in [-0.39, 0.29) is 42.7 Å². The highest BCUT2D eigenvalue weighted by Crippen LogP contribution is 2.16. The normalized spacial score (nSPS) is 13.2. The Labute approximate surface area is 364 Å². The molecular formula is C51H93NO7. The summed E-state index contributed by atoms with van der Waals surface area (Å²) in [6.07, 6.45) is 48.9. The first-order valence-corrected chi connectivity index (χ1v) is 24.5. The summed E-state index contributed by atoms with van der Waals surface area (Å²) in [4.78, 5) is 37.0. The van der Waals surface area contributed by atoms with Gasteiger partial charge in [0.15, 0.2) is 6.10 Å². The van der Waals surface area contributed by atoms with Crippen LogP contribution in [0.15, 0.2) is 36.5 Å². The predicted molar refractivity (Wildman–Crippen MR) is 245 cm³/mol. The highest BCUT2D eigenvalue weighted by atomic mass is 16.6. The molecule has 0 amide bonds. The first kappa shape index (κ1) is 56.5. The van der Waals surface area contributed by atoms with E-state index >= 15 is 0 Å². The van der Waals surface area contributed by atoms with Crippen LogP contribution < -0.4 is 5.11 Å². The van der Waals surface area contributed by atoms with Crippen molar-refractivity contribution >= 4 is 17.9 Å². The van der Waals surface area contributed by atoms with E-state index in [9.17, 15) is 19.5 Å². The van der Waals surface area contributed by atoms with Gasteiger partial charge in [0.1, 0.15) is 12.6 Å². The van der Waals surface area contributed by atoms with Crippen molar-refractivity contribution in [1.29, 1.82) is 0 Å². The van der Waals surface area contributed by atoms with Crippen molar-refractivity contribution in [3.8, 4) is 0 Å². The number of unbranched alkanes of at least 4 members (excludes halogenated alkanes) is 26. The van der Waals surface area contributed by atoms with Gasteiger partial charge in [-0.25, -0.2) is 0 Å². The molecule has 0 rings (SSSR count). The van der Waals surface area contributed by atoms with E-state index in [1.165, 1.54) is 135 Å². The second-order valence-electron chi connectivity index (χ2n) is 17.7. The average Bonchev–Trinajstić information content (AvgIpc) is 3.19. The van der Waals surface area contributed by atoms with Crippen LogP contribution in [-0.4, -0.2) is 75.5 Å². The predicted octanol–water partition coefficient (Wildman–Crippen LogP) is 12.5. The van der Waals surface area contributed by atoms with E-state index in [2.05, 4.69) is 50.3 Å². The number of rotatable bonds is 44. The topological polar surface area (TPSA) is 102 Å². The average molecular weight is 832 g/mol. The molecule has 0 radical (unpaired) electrons. The Kier molecular flexibility index (Phi) is 40.5. The Morgan fingerprint density at radius 3 is 1.39 bits per heavy atom. The minimum atomic E-state index is -1.12. The van der Waals surface area contributed by atoms with Crippen molar-refractivity contribution in [2.75, 3.05) is 41.0 Å². The molecule has 0 N–H and O–H groups in total. The van der Waals surface area contributed by atoms with E-state index in [1.54, 1.807) is 21.1 Å². The van der Waals surface area contributed by atoms with Gasteiger partial charge in [0.05, 0.1) is 40.3 Å². The van der Waals surface area contributed by atoms with Gasteiger partial charge in [-0.3, -0.25) is 9.59 Å². The maximum Gasteiger partial charge on any atom is 0.306 e. The third-order valence-corrected chi connectivity index (χ3v) is 11.1. The number of hydrogen-bond donors (Lipinski definition) is 0. The monoisotopic (exact) mass is 832 g/mol. The Hall–Kier alpha value is -2.45. The SMILES string of the molecule is CC/C=C/C=C/C=C/CCCCCCCCCC(=O)OCC(COCCC(C(=O)[O-])[N+](C)(C)C)OC(=O)CCCCCCCCCCCCCCCCCCCCCC. The van der Waals surface area contributed by atoms with E-state index in [4.69, 9.17) is 14.2 Å². The van der Waals surface area contributed by atoms with Crippen LogP contribution >= 0.6 is 0 Å². The minimum Gasteiger partial charge on any atom is -0.544 e. The van der Waals surface area contributed by atoms with Gasteiger partial charge in [-0.1, -0.05) is 204 Å². The summed E-state index contributed by atoms with van der Waals surface area (Å²) in [5.74, 6) is -1.74. The lowest BCUT2D eigenvalue weighted by Crippen LogP contribution is -2.55. The molecule has 0 bridgehead atoms. The molecule has 0 aromatic heterocycles. The molecule has 2 unspecified atom stereocenters. The third-order valence-electron chi connectivity index (χ3n) is 11.1. The molecule has 59 heavy (non-hydrogen) atoms. The molecule has 0 aliphatic carbocycles. The lowest BCUT2D eigenvalue weighted by Gasteiger charge is -2.34. The zero-order valence-electron chi connectivity index (χ0n) is 39.2. The Bertz CT molecular complexity index is 1060. The number of nitrogens with zero attached hydrogens (tertiary/aromatic N) is 1. The number of hydrogen-bond acceptors (Lipinski definition) is 7. The summed E-state index contributed by atoms with van der Waals surface area (Å²) >= 11 is 0. The lowest BCUT2D eigenvalue weighted by atomic mass is 10.0. The first-order valence-electron chi connectivity index (χ1n) is 24.5. The largest absolute Gasteiger partial charge is 0.544 e. The van der Waals surface area contributed by atoms with Crippen LogP contribution in [0.25, 0.3) is 0 Å². The first-order chi connectivity index (χ1) is 28.6. The molecule has 0 spiro atoms. The fourth-order valence-electron chi connectivity index (χ4n) is 7.31. The summed E-state index contributed by atoms with van der Waals surface area (Å²) in [6, 6.07) is -0.726. The molecule has 0 aromatic rings. The maximum absolute atomic E-state index is 12.8. The summed E-state index contributed by atoms with van der Waals surface area (Å²) in [7, 11) is 5.41. The minimum absolute atomic E-state index is 0.0397. The number of carbonyl (C=O) groups excluding carboxylic acids is 3. The maximum atomic E-state index is 12.8. The quantitative estimate of drug-likeness (QED) is 0.0261. The van der Waals surface area contributed by atoms with Crippen LogP contribution in [0.3, 0.4) is 0 Å². The summed E-state index contributed by atoms with van der Waals surface area (Å²) < 4.78 is 17.2. The van der Waals surface area contributed by atoms with Gasteiger partial charge in [-0.2, -0.15) is 0 Å². The molecule has 0 aromatic carbocycles. The molecule has 0 saturated heterocycles. The molecule has 0 aliphatic heterocycles. The number of carboxylic acid groups (broad SMARTS) is 1. The third kappa shape index (κ3) is 40.7. The standard InChI is InChI=1S/C51H93NO7/c1-6-8-10-12-14-16-18-20-22-23-24-25-26-28-30-32-34-36-38-40-42-50(54)59-47(45-57-44-43-48(51(55)56)52(3,4)5)46-58-49(53)41-39-37-35-33-31-29-27-21-19-17-15-13-11-9-7-2/h9,11,13,15,17,19,47-48H,6-8,10,12,14,16,18,20-46H2,1-5H3/b11-9+,15-13+,19-17+. The second kappa shape index (κ2) is 42.2. The molecule has 0 fully saturated rings. The number of carboxylic acids is 1. The Morgan fingerprint density at radius 1 is 0.525 bits per heavy atom. The zero-order valence-corrected chi connectivity index (χ0v) is 39.2. The Morgan fingerprint density at radius 2 is 0.949 bits per heavy atom. The number of quaternary nitrogens is 1. The second-order valence-corrected chi connectivity index (χ2v) is 17.7. The van der Waals surface area contributed by atoms with Crippen molar-refractivity contribution < 1.29 is 38.2 Å². The zero-order chi connectivity index (χ0) is 43.5. The molecule has 0 aliphatic rings. The highest BCUT2D eigenvalue weighted by molar-refractivity contribution is 5.70. The Balaban J connectivity index is 4.24. The van der Waals surface area contributed by atoms with Gasteiger partial charge in [0.2, 0.25) is 0 Å². The van der Waals surface area contributed by atoms with E-state index in [0.29, 0.717) is 12.8 Å². The van der Waals surface area contributed by atoms with Crippen LogP contribution in [0.2, 0.25) is 0 Å². The fraction of sp³-hybridized carbons (Fsp3) is 0.824. The van der Waals surface area contributed by atoms with E-state index in [1.807, 2.05) is 0 Å². The molecule has 0 saturated carbocycles. The smallest absolute Gasteiger partial charge is 0.306 e. The van der Waals surface area contributed by atoms with Gasteiger partial charge in [0, 0.05) is 19.3 Å². The molecule has 0 heterocycles. The fourth-order valence-corrected chi connectivity index (χ4v) is 7.31. The van der Waals surface area contributed by atoms with Crippen LogP contribution in [0.1, 0.15) is 219 Å². The van der Waals surface area contributed by atoms with Gasteiger partial charge < -0.3 is 28.6 Å². The number of carbonyl (C=O) groups is 3. The number of likely N-dealkylation sites (N-methyl/N-ethyl adjacent to an activating group) is 1. The van der Waals surface area contributed by atoms with Gasteiger partial charge in [0.25, 0.3) is 0 Å². The molecule has 8 nitrogen and oxygen atoms in total. The molecule has 8 heteroatoms. The van der Waals surface area contributed by atoms with Gasteiger partial charge in [-0.15, -0.1) is 0 Å². The van der Waals surface area contributed by atoms with Gasteiger partial charge >= 0.3 is 11.9 Å². The number of aliphatic carboxylic acids is 1. The molecule has 2 atom stereocenters. The number of esters is 2. The van der Waals surface area contributed by atoms with Crippen molar-refractivity contribution in [1.82, 2.24) is 0 Å². The molecule has 344 valence electrons. The van der Waals surface area contributed by atoms with Crippen molar-refractivity contribution in [3.05, 3.63) is 36.5 Å².